The normalized spacial score (nSPS) is 16.7. The Morgan fingerprint density at radius 2 is 1.88 bits per heavy atom. The molecule has 2 amide bonds. The van der Waals surface area contributed by atoms with Crippen molar-refractivity contribution in [1.82, 2.24) is 9.62 Å². The molecule has 1 fully saturated rings. The van der Waals surface area contributed by atoms with Crippen molar-refractivity contribution in [2.45, 2.75) is 50.0 Å². The van der Waals surface area contributed by atoms with Crippen LogP contribution in [0.4, 0.5) is 5.69 Å². The van der Waals surface area contributed by atoms with Crippen molar-refractivity contribution in [1.29, 1.82) is 0 Å². The molecule has 0 spiro atoms. The van der Waals surface area contributed by atoms with E-state index in [2.05, 4.69) is 10.6 Å². The Kier molecular flexibility index (Phi) is 8.46. The first-order valence-electron chi connectivity index (χ1n) is 11.2. The number of nitrogens with zero attached hydrogens (tertiary/aromatic N) is 1. The number of amides is 2. The highest BCUT2D eigenvalue weighted by Crippen LogP contribution is 2.27. The number of hydrogen-bond donors (Lipinski definition) is 2. The number of piperidine rings is 1. The fraction of sp³-hybridized carbons (Fsp3) is 0.417. The van der Waals surface area contributed by atoms with Crippen LogP contribution >= 0.6 is 0 Å². The number of rotatable bonds is 9. The van der Waals surface area contributed by atoms with Crippen molar-refractivity contribution in [3.05, 3.63) is 54.1 Å². The number of methoxy groups -OCH3 is 1. The second-order valence-electron chi connectivity index (χ2n) is 7.98. The largest absolute Gasteiger partial charge is 0.497 e. The summed E-state index contributed by atoms with van der Waals surface area (Å²) in [5.74, 6) is 0.00865. The van der Waals surface area contributed by atoms with Crippen LogP contribution in [-0.4, -0.2) is 50.8 Å². The van der Waals surface area contributed by atoms with E-state index in [1.165, 1.54) is 19.2 Å². The molecule has 1 atom stereocenters. The summed E-state index contributed by atoms with van der Waals surface area (Å²) < 4.78 is 32.8. The molecule has 9 heteroatoms. The fourth-order valence-corrected chi connectivity index (χ4v) is 5.69. The van der Waals surface area contributed by atoms with Crippen LogP contribution in [0.5, 0.6) is 5.75 Å². The summed E-state index contributed by atoms with van der Waals surface area (Å²) in [6.45, 7) is 2.72. The van der Waals surface area contributed by atoms with Crippen LogP contribution in [0.2, 0.25) is 0 Å². The minimum absolute atomic E-state index is 0.0373. The summed E-state index contributed by atoms with van der Waals surface area (Å²) >= 11 is 0. The molecular formula is C24H31N3O5S. The highest BCUT2D eigenvalue weighted by molar-refractivity contribution is 7.89. The minimum atomic E-state index is -3.56. The predicted molar refractivity (Wildman–Crippen MR) is 127 cm³/mol. The molecular weight excluding hydrogens is 442 g/mol. The number of anilines is 1. The number of carbonyl (C=O) groups is 2. The number of nitrogens with one attached hydrogen (secondary N) is 2. The first-order valence-corrected chi connectivity index (χ1v) is 12.6. The summed E-state index contributed by atoms with van der Waals surface area (Å²) in [6.07, 6.45) is 3.69. The van der Waals surface area contributed by atoms with E-state index < -0.39 is 10.0 Å². The van der Waals surface area contributed by atoms with Gasteiger partial charge in [0.1, 0.15) is 5.75 Å². The maximum atomic E-state index is 13.0. The Bertz CT molecular complexity index is 1070. The molecule has 2 aromatic rings. The number of carbonyl (C=O) groups excluding carboxylic acids is 2. The third kappa shape index (κ3) is 6.33. The summed E-state index contributed by atoms with van der Waals surface area (Å²) in [7, 11) is -2.03. The number of benzene rings is 2. The van der Waals surface area contributed by atoms with Crippen LogP contribution in [0.1, 0.15) is 49.4 Å². The lowest BCUT2D eigenvalue weighted by Gasteiger charge is -2.34. The van der Waals surface area contributed by atoms with E-state index in [0.717, 1.165) is 25.7 Å². The second kappa shape index (κ2) is 11.3. The van der Waals surface area contributed by atoms with E-state index in [0.29, 0.717) is 23.5 Å². The molecule has 0 aliphatic carbocycles. The van der Waals surface area contributed by atoms with E-state index in [1.54, 1.807) is 40.7 Å². The predicted octanol–water partition coefficient (Wildman–Crippen LogP) is 3.41. The van der Waals surface area contributed by atoms with E-state index in [-0.39, 0.29) is 35.7 Å². The van der Waals surface area contributed by atoms with Crippen LogP contribution < -0.4 is 15.4 Å². The smallest absolute Gasteiger partial charge is 0.251 e. The Labute approximate surface area is 195 Å². The molecule has 1 aliphatic heterocycles. The third-order valence-electron chi connectivity index (χ3n) is 5.76. The molecule has 2 N–H and O–H groups in total. The quantitative estimate of drug-likeness (QED) is 0.581. The van der Waals surface area contributed by atoms with E-state index in [1.807, 2.05) is 6.92 Å². The molecule has 178 valence electrons. The van der Waals surface area contributed by atoms with Gasteiger partial charge in [0.05, 0.1) is 12.0 Å². The highest BCUT2D eigenvalue weighted by atomic mass is 32.2. The molecule has 8 nitrogen and oxygen atoms in total. The molecule has 0 saturated carbocycles. The van der Waals surface area contributed by atoms with Gasteiger partial charge >= 0.3 is 0 Å². The lowest BCUT2D eigenvalue weighted by atomic mass is 10.0. The minimum Gasteiger partial charge on any atom is -0.497 e. The molecule has 0 bridgehead atoms. The molecule has 3 rings (SSSR count). The van der Waals surface area contributed by atoms with Gasteiger partial charge in [0.25, 0.3) is 5.91 Å². The van der Waals surface area contributed by atoms with Crippen LogP contribution in [0.25, 0.3) is 0 Å². The average Bonchev–Trinajstić information content (AvgIpc) is 2.84. The second-order valence-corrected chi connectivity index (χ2v) is 9.87. The van der Waals surface area contributed by atoms with E-state index >= 15 is 0 Å². The Hall–Kier alpha value is -2.91. The van der Waals surface area contributed by atoms with Gasteiger partial charge in [0.15, 0.2) is 0 Å². The SMILES string of the molecule is CCC1CCCCN1S(=O)(=O)c1ccc(NC(=O)CCNC(=O)c2cccc(OC)c2)cc1. The van der Waals surface area contributed by atoms with Gasteiger partial charge in [-0.25, -0.2) is 8.42 Å². The molecule has 1 heterocycles. The van der Waals surface area contributed by atoms with E-state index in [4.69, 9.17) is 4.74 Å². The third-order valence-corrected chi connectivity index (χ3v) is 7.72. The van der Waals surface area contributed by atoms with Crippen molar-refractivity contribution < 1.29 is 22.7 Å². The van der Waals surface area contributed by atoms with Crippen LogP contribution in [0, 0.1) is 0 Å². The molecule has 1 aliphatic rings. The average molecular weight is 474 g/mol. The summed E-state index contributed by atoms with van der Waals surface area (Å²) in [5, 5.41) is 5.43. The zero-order valence-electron chi connectivity index (χ0n) is 19.0. The summed E-state index contributed by atoms with van der Waals surface area (Å²) in [4.78, 5) is 24.7. The fourth-order valence-electron chi connectivity index (χ4n) is 3.92. The van der Waals surface area contributed by atoms with Crippen molar-refractivity contribution in [3.8, 4) is 5.75 Å². The van der Waals surface area contributed by atoms with Crippen LogP contribution in [0.3, 0.4) is 0 Å². The molecule has 2 aromatic carbocycles. The van der Waals surface area contributed by atoms with Crippen molar-refractivity contribution in [3.63, 3.8) is 0 Å². The van der Waals surface area contributed by atoms with Crippen molar-refractivity contribution in [2.75, 3.05) is 25.5 Å². The van der Waals surface area contributed by atoms with Gasteiger partial charge in [-0.1, -0.05) is 19.4 Å². The molecule has 0 radical (unpaired) electrons. The number of hydrogen-bond acceptors (Lipinski definition) is 5. The number of ether oxygens (including phenoxy) is 1. The standard InChI is InChI=1S/C24H31N3O5S/c1-3-20-8-4-5-16-27(20)33(30,31)22-12-10-19(11-13-22)26-23(28)14-15-25-24(29)18-7-6-9-21(17-18)32-2/h6-7,9-13,17,20H,3-5,8,14-16H2,1-2H3,(H,25,29)(H,26,28). The Morgan fingerprint density at radius 3 is 2.58 bits per heavy atom. The van der Waals surface area contributed by atoms with Gasteiger partial charge in [0.2, 0.25) is 15.9 Å². The van der Waals surface area contributed by atoms with Gasteiger partial charge in [-0.15, -0.1) is 0 Å². The van der Waals surface area contributed by atoms with Gasteiger partial charge in [-0.05, 0) is 61.7 Å². The molecule has 33 heavy (non-hydrogen) atoms. The maximum Gasteiger partial charge on any atom is 0.251 e. The summed E-state index contributed by atoms with van der Waals surface area (Å²) in [6, 6.07) is 13.0. The Morgan fingerprint density at radius 1 is 1.12 bits per heavy atom. The maximum absolute atomic E-state index is 13.0. The first-order chi connectivity index (χ1) is 15.8. The van der Waals surface area contributed by atoms with Gasteiger partial charge in [-0.2, -0.15) is 4.31 Å². The zero-order valence-corrected chi connectivity index (χ0v) is 19.9. The van der Waals surface area contributed by atoms with Crippen LogP contribution in [-0.2, 0) is 14.8 Å². The van der Waals surface area contributed by atoms with Gasteiger partial charge in [-0.3, -0.25) is 9.59 Å². The Balaban J connectivity index is 1.52. The number of sulfonamides is 1. The lowest BCUT2D eigenvalue weighted by Crippen LogP contribution is -2.43. The topological polar surface area (TPSA) is 105 Å². The molecule has 1 saturated heterocycles. The van der Waals surface area contributed by atoms with E-state index in [9.17, 15) is 18.0 Å². The van der Waals surface area contributed by atoms with Crippen molar-refractivity contribution in [2.24, 2.45) is 0 Å². The monoisotopic (exact) mass is 473 g/mol. The molecule has 0 aromatic heterocycles. The highest BCUT2D eigenvalue weighted by Gasteiger charge is 2.32. The van der Waals surface area contributed by atoms with Gasteiger partial charge < -0.3 is 15.4 Å². The molecule has 1 unspecified atom stereocenters. The van der Waals surface area contributed by atoms with Gasteiger partial charge in [0, 0.05) is 36.8 Å². The summed E-state index contributed by atoms with van der Waals surface area (Å²) in [5.41, 5.74) is 0.953. The lowest BCUT2D eigenvalue weighted by molar-refractivity contribution is -0.116. The van der Waals surface area contributed by atoms with Crippen molar-refractivity contribution >= 4 is 27.5 Å². The van der Waals surface area contributed by atoms with Crippen LogP contribution in [0.15, 0.2) is 53.4 Å². The first kappa shape index (κ1) is 24.7. The zero-order chi connectivity index (χ0) is 23.8.